The number of aliphatic carboxylic acids is 1. The molecule has 1 saturated heterocycles. The molecule has 3 aliphatic rings. The first-order chi connectivity index (χ1) is 10.1. The van der Waals surface area contributed by atoms with Gasteiger partial charge in [-0.05, 0) is 50.4 Å². The molecule has 1 aliphatic heterocycles. The van der Waals surface area contributed by atoms with Crippen molar-refractivity contribution in [3.05, 3.63) is 0 Å². The first-order valence-electron chi connectivity index (χ1n) is 8.61. The van der Waals surface area contributed by atoms with Crippen LogP contribution in [0.2, 0.25) is 0 Å². The largest absolute Gasteiger partial charge is 0.481 e. The first-order valence-corrected chi connectivity index (χ1v) is 8.61. The Balaban J connectivity index is 1.72. The third-order valence-electron chi connectivity index (χ3n) is 5.96. The van der Waals surface area contributed by atoms with Gasteiger partial charge in [-0.1, -0.05) is 19.8 Å². The monoisotopic (exact) mass is 293 g/mol. The molecule has 3 fully saturated rings. The van der Waals surface area contributed by atoms with Gasteiger partial charge in [0.15, 0.2) is 0 Å². The molecular formula is C17H27NO3. The van der Waals surface area contributed by atoms with Gasteiger partial charge in [-0.2, -0.15) is 0 Å². The van der Waals surface area contributed by atoms with E-state index in [-0.39, 0.29) is 11.8 Å². The molecule has 0 spiro atoms. The molecule has 0 aromatic heterocycles. The van der Waals surface area contributed by atoms with Gasteiger partial charge in [0.25, 0.3) is 0 Å². The molecule has 0 aromatic rings. The molecule has 2 aliphatic carbocycles. The van der Waals surface area contributed by atoms with Gasteiger partial charge in [-0.3, -0.25) is 9.59 Å². The Hall–Kier alpha value is -1.06. The van der Waals surface area contributed by atoms with Gasteiger partial charge in [-0.15, -0.1) is 0 Å². The van der Waals surface area contributed by atoms with Crippen LogP contribution in [0, 0.1) is 23.7 Å². The number of likely N-dealkylation sites (tertiary alicyclic amines) is 1. The van der Waals surface area contributed by atoms with E-state index in [1.807, 2.05) is 0 Å². The van der Waals surface area contributed by atoms with E-state index in [0.29, 0.717) is 24.3 Å². The molecule has 4 heteroatoms. The highest BCUT2D eigenvalue weighted by atomic mass is 16.4. The Morgan fingerprint density at radius 1 is 1.00 bits per heavy atom. The van der Waals surface area contributed by atoms with Crippen molar-refractivity contribution in [2.24, 2.45) is 23.7 Å². The summed E-state index contributed by atoms with van der Waals surface area (Å²) in [4.78, 5) is 26.4. The zero-order valence-electron chi connectivity index (χ0n) is 13.0. The summed E-state index contributed by atoms with van der Waals surface area (Å²) in [5.41, 5.74) is 0. The standard InChI is InChI=1S/C17H27NO3/c1-11-9-13(14(10-11)17(20)21)16(19)18-8-4-7-15(18)12-5-2-3-6-12/h11-15H,2-10H2,1H3,(H,20,21)/t11?,13-,14+,15?/m0/s1. The van der Waals surface area contributed by atoms with Crippen LogP contribution in [0.4, 0.5) is 0 Å². The number of hydrogen-bond acceptors (Lipinski definition) is 2. The van der Waals surface area contributed by atoms with Gasteiger partial charge >= 0.3 is 5.97 Å². The molecule has 3 rings (SSSR count). The van der Waals surface area contributed by atoms with Crippen molar-refractivity contribution in [3.8, 4) is 0 Å². The van der Waals surface area contributed by atoms with Crippen LogP contribution in [0.25, 0.3) is 0 Å². The normalized spacial score (nSPS) is 37.3. The number of rotatable bonds is 3. The minimum Gasteiger partial charge on any atom is -0.481 e. The van der Waals surface area contributed by atoms with Gasteiger partial charge in [0.05, 0.1) is 11.8 Å². The predicted octanol–water partition coefficient (Wildman–Crippen LogP) is 2.91. The Kier molecular flexibility index (Phi) is 4.23. The van der Waals surface area contributed by atoms with E-state index in [9.17, 15) is 14.7 Å². The third kappa shape index (κ3) is 2.82. The molecule has 4 atom stereocenters. The lowest BCUT2D eigenvalue weighted by molar-refractivity contribution is -0.149. The average Bonchev–Trinajstić information content (AvgIpc) is 3.17. The summed E-state index contributed by atoms with van der Waals surface area (Å²) < 4.78 is 0. The first kappa shape index (κ1) is 14.9. The zero-order chi connectivity index (χ0) is 15.0. The van der Waals surface area contributed by atoms with Crippen LogP contribution in [-0.4, -0.2) is 34.5 Å². The van der Waals surface area contributed by atoms with Crippen LogP contribution in [0.3, 0.4) is 0 Å². The van der Waals surface area contributed by atoms with E-state index < -0.39 is 11.9 Å². The fourth-order valence-corrected chi connectivity index (χ4v) is 4.95. The van der Waals surface area contributed by atoms with Crippen molar-refractivity contribution in [3.63, 3.8) is 0 Å². The lowest BCUT2D eigenvalue weighted by Crippen LogP contribution is -2.44. The quantitative estimate of drug-likeness (QED) is 0.870. The van der Waals surface area contributed by atoms with Crippen molar-refractivity contribution < 1.29 is 14.7 Å². The van der Waals surface area contributed by atoms with Crippen molar-refractivity contribution in [2.45, 2.75) is 64.3 Å². The Morgan fingerprint density at radius 3 is 2.33 bits per heavy atom. The van der Waals surface area contributed by atoms with E-state index in [2.05, 4.69) is 11.8 Å². The summed E-state index contributed by atoms with van der Waals surface area (Å²) in [6, 6.07) is 0.394. The van der Waals surface area contributed by atoms with E-state index in [1.54, 1.807) is 0 Å². The van der Waals surface area contributed by atoms with Crippen LogP contribution in [0.5, 0.6) is 0 Å². The van der Waals surface area contributed by atoms with Crippen molar-refractivity contribution in [1.29, 1.82) is 0 Å². The van der Waals surface area contributed by atoms with Gasteiger partial charge in [0, 0.05) is 12.6 Å². The molecule has 1 N–H and O–H groups in total. The van der Waals surface area contributed by atoms with E-state index >= 15 is 0 Å². The maximum atomic E-state index is 12.9. The molecule has 0 aromatic carbocycles. The number of amides is 1. The minimum atomic E-state index is -0.783. The fraction of sp³-hybridized carbons (Fsp3) is 0.882. The molecule has 1 heterocycles. The third-order valence-corrected chi connectivity index (χ3v) is 5.96. The lowest BCUT2D eigenvalue weighted by atomic mass is 9.92. The highest BCUT2D eigenvalue weighted by Crippen LogP contribution is 2.41. The average molecular weight is 293 g/mol. The van der Waals surface area contributed by atoms with Gasteiger partial charge in [0.2, 0.25) is 5.91 Å². The maximum absolute atomic E-state index is 12.9. The van der Waals surface area contributed by atoms with Crippen molar-refractivity contribution in [1.82, 2.24) is 4.90 Å². The van der Waals surface area contributed by atoms with Gasteiger partial charge in [0.1, 0.15) is 0 Å². The van der Waals surface area contributed by atoms with E-state index in [1.165, 1.54) is 25.7 Å². The van der Waals surface area contributed by atoms with Crippen LogP contribution in [0.15, 0.2) is 0 Å². The summed E-state index contributed by atoms with van der Waals surface area (Å²) >= 11 is 0. The molecule has 0 bridgehead atoms. The zero-order valence-corrected chi connectivity index (χ0v) is 13.0. The topological polar surface area (TPSA) is 57.6 Å². The number of nitrogens with zero attached hydrogens (tertiary/aromatic N) is 1. The van der Waals surface area contributed by atoms with Crippen molar-refractivity contribution in [2.75, 3.05) is 6.54 Å². The van der Waals surface area contributed by atoms with Crippen LogP contribution < -0.4 is 0 Å². The van der Waals surface area contributed by atoms with E-state index in [4.69, 9.17) is 0 Å². The summed E-state index contributed by atoms with van der Waals surface area (Å²) in [6.45, 7) is 2.92. The number of carboxylic acids is 1. The summed E-state index contributed by atoms with van der Waals surface area (Å²) in [5.74, 6) is -0.363. The predicted molar refractivity (Wildman–Crippen MR) is 79.7 cm³/mol. The molecule has 1 amide bonds. The number of hydrogen-bond donors (Lipinski definition) is 1. The van der Waals surface area contributed by atoms with Crippen LogP contribution in [0.1, 0.15) is 58.3 Å². The smallest absolute Gasteiger partial charge is 0.307 e. The van der Waals surface area contributed by atoms with Crippen molar-refractivity contribution >= 4 is 11.9 Å². The molecule has 0 radical (unpaired) electrons. The van der Waals surface area contributed by atoms with Gasteiger partial charge < -0.3 is 10.0 Å². The van der Waals surface area contributed by atoms with Gasteiger partial charge in [-0.25, -0.2) is 0 Å². The SMILES string of the molecule is CC1C[C@H](C(=O)N2CCCC2C2CCCC2)[C@H](C(=O)O)C1. The summed E-state index contributed by atoms with van der Waals surface area (Å²) in [5, 5.41) is 9.40. The Morgan fingerprint density at radius 2 is 1.67 bits per heavy atom. The Bertz CT molecular complexity index is 416. The highest BCUT2D eigenvalue weighted by molar-refractivity contribution is 5.85. The minimum absolute atomic E-state index is 0.140. The molecule has 21 heavy (non-hydrogen) atoms. The highest BCUT2D eigenvalue weighted by Gasteiger charge is 2.45. The second kappa shape index (κ2) is 5.98. The number of carbonyl (C=O) groups excluding carboxylic acids is 1. The number of carbonyl (C=O) groups is 2. The maximum Gasteiger partial charge on any atom is 0.307 e. The second-order valence-corrected chi connectivity index (χ2v) is 7.41. The van der Waals surface area contributed by atoms with Crippen LogP contribution in [-0.2, 0) is 9.59 Å². The van der Waals surface area contributed by atoms with E-state index in [0.717, 1.165) is 25.8 Å². The Labute approximate surface area is 126 Å². The molecule has 2 saturated carbocycles. The molecular weight excluding hydrogens is 266 g/mol. The summed E-state index contributed by atoms with van der Waals surface area (Å²) in [6.07, 6.45) is 8.71. The molecule has 118 valence electrons. The molecule has 2 unspecified atom stereocenters. The lowest BCUT2D eigenvalue weighted by Gasteiger charge is -2.32. The van der Waals surface area contributed by atoms with Crippen LogP contribution >= 0.6 is 0 Å². The number of carboxylic acid groups (broad SMARTS) is 1. The molecule has 4 nitrogen and oxygen atoms in total. The summed E-state index contributed by atoms with van der Waals surface area (Å²) in [7, 11) is 0. The second-order valence-electron chi connectivity index (χ2n) is 7.41. The fourth-order valence-electron chi connectivity index (χ4n) is 4.95.